The highest BCUT2D eigenvalue weighted by Gasteiger charge is 2.47. The first kappa shape index (κ1) is 17.6. The zero-order valence-corrected chi connectivity index (χ0v) is 15.2. The molecule has 5 heteroatoms. The summed E-state index contributed by atoms with van der Waals surface area (Å²) in [4.78, 5) is 6.73. The van der Waals surface area contributed by atoms with Gasteiger partial charge in [-0.3, -0.25) is 9.88 Å². The van der Waals surface area contributed by atoms with Gasteiger partial charge in [0, 0.05) is 43.9 Å². The van der Waals surface area contributed by atoms with Gasteiger partial charge in [-0.2, -0.15) is 0 Å². The molecule has 26 heavy (non-hydrogen) atoms. The Hall–Kier alpha value is -1.82. The molecule has 0 bridgehead atoms. The van der Waals surface area contributed by atoms with Gasteiger partial charge in [0.05, 0.1) is 24.0 Å². The minimum atomic E-state index is -0.134. The van der Waals surface area contributed by atoms with Gasteiger partial charge in [-0.1, -0.05) is 24.3 Å². The third-order valence-electron chi connectivity index (χ3n) is 5.24. The third-order valence-corrected chi connectivity index (χ3v) is 5.24. The Morgan fingerprint density at radius 3 is 2.88 bits per heavy atom. The Morgan fingerprint density at radius 1 is 1.23 bits per heavy atom. The van der Waals surface area contributed by atoms with Gasteiger partial charge in [-0.25, -0.2) is 4.39 Å². The lowest BCUT2D eigenvalue weighted by molar-refractivity contribution is -0.200. The molecule has 0 radical (unpaired) electrons. The van der Waals surface area contributed by atoms with Crippen molar-refractivity contribution < 1.29 is 13.9 Å². The number of ether oxygens (including phenoxy) is 2. The molecular weight excluding hydrogens is 331 g/mol. The molecule has 0 saturated carbocycles. The summed E-state index contributed by atoms with van der Waals surface area (Å²) in [5, 5.41) is 0. The van der Waals surface area contributed by atoms with Crippen LogP contribution in [0.15, 0.2) is 42.5 Å². The number of halogens is 1. The van der Waals surface area contributed by atoms with E-state index >= 15 is 0 Å². The average molecular weight is 356 g/mol. The van der Waals surface area contributed by atoms with E-state index in [-0.39, 0.29) is 17.5 Å². The Balaban J connectivity index is 1.28. The summed E-state index contributed by atoms with van der Waals surface area (Å²) in [7, 11) is 0. The molecule has 1 atom stereocenters. The molecule has 1 aromatic carbocycles. The summed E-state index contributed by atoms with van der Waals surface area (Å²) < 4.78 is 26.0. The lowest BCUT2D eigenvalue weighted by Crippen LogP contribution is -2.65. The number of benzene rings is 1. The molecule has 1 aromatic heterocycles. The maximum absolute atomic E-state index is 13.8. The predicted octanol–water partition coefficient (Wildman–Crippen LogP) is 3.48. The van der Waals surface area contributed by atoms with Crippen molar-refractivity contribution in [2.24, 2.45) is 0 Å². The maximum Gasteiger partial charge on any atom is 0.127 e. The van der Waals surface area contributed by atoms with Crippen LogP contribution >= 0.6 is 0 Å². The highest BCUT2D eigenvalue weighted by Crippen LogP contribution is 2.36. The second-order valence-corrected chi connectivity index (χ2v) is 7.46. The van der Waals surface area contributed by atoms with Crippen LogP contribution in [0.25, 0.3) is 0 Å². The molecule has 4 rings (SSSR count). The van der Waals surface area contributed by atoms with Crippen LogP contribution in [0.1, 0.15) is 29.8 Å². The minimum absolute atomic E-state index is 0.131. The van der Waals surface area contributed by atoms with Crippen molar-refractivity contribution in [1.82, 2.24) is 9.88 Å². The number of aryl methyl sites for hydroxylation is 1. The second kappa shape index (κ2) is 7.43. The van der Waals surface area contributed by atoms with Crippen molar-refractivity contribution in [1.29, 1.82) is 0 Å². The summed E-state index contributed by atoms with van der Waals surface area (Å²) in [6, 6.07) is 13.0. The smallest absolute Gasteiger partial charge is 0.127 e. The van der Waals surface area contributed by atoms with Gasteiger partial charge in [0.25, 0.3) is 0 Å². The molecule has 0 N–H and O–H groups in total. The Morgan fingerprint density at radius 2 is 2.08 bits per heavy atom. The summed E-state index contributed by atoms with van der Waals surface area (Å²) >= 11 is 0. The van der Waals surface area contributed by atoms with E-state index < -0.39 is 0 Å². The highest BCUT2D eigenvalue weighted by molar-refractivity contribution is 5.18. The van der Waals surface area contributed by atoms with Crippen LogP contribution in [-0.2, 0) is 22.6 Å². The van der Waals surface area contributed by atoms with Crippen molar-refractivity contribution in [2.45, 2.75) is 44.6 Å². The number of pyridine rings is 1. The van der Waals surface area contributed by atoms with Gasteiger partial charge < -0.3 is 9.47 Å². The molecule has 138 valence electrons. The number of aromatic nitrogens is 1. The second-order valence-electron chi connectivity index (χ2n) is 7.46. The van der Waals surface area contributed by atoms with Gasteiger partial charge in [0.15, 0.2) is 0 Å². The minimum Gasteiger partial charge on any atom is -0.372 e. The first-order chi connectivity index (χ1) is 12.6. The van der Waals surface area contributed by atoms with E-state index in [1.807, 2.05) is 37.3 Å². The fourth-order valence-corrected chi connectivity index (χ4v) is 3.98. The highest BCUT2D eigenvalue weighted by atomic mass is 19.1. The van der Waals surface area contributed by atoms with Gasteiger partial charge in [0.1, 0.15) is 5.82 Å². The summed E-state index contributed by atoms with van der Waals surface area (Å²) in [5.74, 6) is -0.134. The Kier molecular flexibility index (Phi) is 5.02. The molecule has 0 aliphatic carbocycles. The van der Waals surface area contributed by atoms with Crippen LogP contribution in [0.3, 0.4) is 0 Å². The van der Waals surface area contributed by atoms with Crippen LogP contribution < -0.4 is 0 Å². The van der Waals surface area contributed by atoms with E-state index in [0.717, 1.165) is 49.5 Å². The predicted molar refractivity (Wildman–Crippen MR) is 97.1 cm³/mol. The zero-order chi connectivity index (χ0) is 18.0. The molecular formula is C21H25FN2O2. The van der Waals surface area contributed by atoms with Crippen LogP contribution in [0.2, 0.25) is 0 Å². The molecule has 4 nitrogen and oxygen atoms in total. The van der Waals surface area contributed by atoms with Crippen molar-refractivity contribution in [3.05, 3.63) is 65.2 Å². The van der Waals surface area contributed by atoms with E-state index in [1.165, 1.54) is 6.07 Å². The van der Waals surface area contributed by atoms with Crippen LogP contribution in [0.5, 0.6) is 0 Å². The largest absolute Gasteiger partial charge is 0.372 e. The quantitative estimate of drug-likeness (QED) is 0.822. The fourth-order valence-electron chi connectivity index (χ4n) is 3.98. The Bertz CT molecular complexity index is 761. The Labute approximate surface area is 153 Å². The molecule has 3 heterocycles. The molecule has 2 aliphatic heterocycles. The molecule has 1 spiro atoms. The van der Waals surface area contributed by atoms with E-state index in [1.54, 1.807) is 6.07 Å². The number of hydrogen-bond donors (Lipinski definition) is 0. The van der Waals surface area contributed by atoms with Gasteiger partial charge >= 0.3 is 0 Å². The monoisotopic (exact) mass is 356 g/mol. The maximum atomic E-state index is 13.8. The molecule has 2 aromatic rings. The molecule has 2 saturated heterocycles. The van der Waals surface area contributed by atoms with Gasteiger partial charge in [0.2, 0.25) is 0 Å². The fraction of sp³-hybridized carbons (Fsp3) is 0.476. The zero-order valence-electron chi connectivity index (χ0n) is 15.2. The molecule has 2 fully saturated rings. The summed E-state index contributed by atoms with van der Waals surface area (Å²) in [6.45, 7) is 5.57. The SMILES string of the molecule is Cc1cccc(CO[C@@H]2CCOC3(C2)CN(Cc2ccccc2F)C3)n1. The van der Waals surface area contributed by atoms with Crippen LogP contribution in [-0.4, -0.2) is 41.3 Å². The van der Waals surface area contributed by atoms with Crippen molar-refractivity contribution in [3.63, 3.8) is 0 Å². The summed E-state index contributed by atoms with van der Waals surface area (Å²) in [6.07, 6.45) is 2.01. The first-order valence-electron chi connectivity index (χ1n) is 9.26. The topological polar surface area (TPSA) is 34.6 Å². The van der Waals surface area contributed by atoms with Crippen molar-refractivity contribution in [2.75, 3.05) is 19.7 Å². The number of nitrogens with zero attached hydrogens (tertiary/aromatic N) is 2. The van der Waals surface area contributed by atoms with Gasteiger partial charge in [-0.15, -0.1) is 0 Å². The number of rotatable bonds is 5. The first-order valence-corrected chi connectivity index (χ1v) is 9.26. The lowest BCUT2D eigenvalue weighted by atomic mass is 9.84. The lowest BCUT2D eigenvalue weighted by Gasteiger charge is -2.53. The van der Waals surface area contributed by atoms with E-state index in [0.29, 0.717) is 13.2 Å². The molecule has 2 aliphatic rings. The van der Waals surface area contributed by atoms with Crippen molar-refractivity contribution in [3.8, 4) is 0 Å². The third kappa shape index (κ3) is 3.95. The number of hydrogen-bond acceptors (Lipinski definition) is 4. The molecule has 0 unspecified atom stereocenters. The van der Waals surface area contributed by atoms with Gasteiger partial charge in [-0.05, 0) is 31.5 Å². The normalized spacial score (nSPS) is 22.3. The van der Waals surface area contributed by atoms with Crippen molar-refractivity contribution >= 4 is 0 Å². The van der Waals surface area contributed by atoms with Crippen LogP contribution in [0, 0.1) is 12.7 Å². The molecule has 0 amide bonds. The average Bonchev–Trinajstić information content (AvgIpc) is 2.61. The van der Waals surface area contributed by atoms with E-state index in [2.05, 4.69) is 9.88 Å². The number of likely N-dealkylation sites (tertiary alicyclic amines) is 1. The van der Waals surface area contributed by atoms with E-state index in [4.69, 9.17) is 9.47 Å². The van der Waals surface area contributed by atoms with E-state index in [9.17, 15) is 4.39 Å². The van der Waals surface area contributed by atoms with Crippen LogP contribution in [0.4, 0.5) is 4.39 Å². The standard InChI is InChI=1S/C21H25FN2O2/c1-16-5-4-7-18(23-16)13-25-19-9-10-26-21(11-19)14-24(15-21)12-17-6-2-3-8-20(17)22/h2-8,19H,9-15H2,1H3/t19-/m1/s1. The summed E-state index contributed by atoms with van der Waals surface area (Å²) in [5.41, 5.74) is 2.60.